The summed E-state index contributed by atoms with van der Waals surface area (Å²) in [5.74, 6) is 0.451. The second-order valence-corrected chi connectivity index (χ2v) is 7.28. The average Bonchev–Trinajstić information content (AvgIpc) is 2.57. The normalized spacial score (nSPS) is 11.0. The Morgan fingerprint density at radius 2 is 1.77 bits per heavy atom. The molecule has 2 N–H and O–H groups in total. The molecule has 0 aromatic heterocycles. The number of benzene rings is 2. The van der Waals surface area contributed by atoms with Crippen molar-refractivity contribution in [3.8, 4) is 11.5 Å². The Kier molecular flexibility index (Phi) is 6.84. The van der Waals surface area contributed by atoms with Crippen molar-refractivity contribution in [1.82, 2.24) is 0 Å². The molecule has 9 heteroatoms. The van der Waals surface area contributed by atoms with Gasteiger partial charge in [-0.3, -0.25) is 0 Å². The molecule has 0 fully saturated rings. The number of hydrogen-bond donors (Lipinski definition) is 1. The number of carbonyl (C=O) groups excluding carboxylic acids is 1. The van der Waals surface area contributed by atoms with E-state index in [-0.39, 0.29) is 24.7 Å². The van der Waals surface area contributed by atoms with Crippen LogP contribution in [0.3, 0.4) is 0 Å². The third kappa shape index (κ3) is 6.21. The largest absolute Gasteiger partial charge is 0.490 e. The molecule has 0 aliphatic carbocycles. The third-order valence-electron chi connectivity index (χ3n) is 3.25. The summed E-state index contributed by atoms with van der Waals surface area (Å²) in [6, 6.07) is 10.7. The van der Waals surface area contributed by atoms with E-state index in [0.717, 1.165) is 5.56 Å². The molecule has 0 aliphatic heterocycles. The van der Waals surface area contributed by atoms with Crippen LogP contribution in [0.4, 0.5) is 0 Å². The number of primary sulfonamides is 1. The van der Waals surface area contributed by atoms with Crippen molar-refractivity contribution in [2.45, 2.75) is 11.8 Å². The Labute approximate surface area is 156 Å². The van der Waals surface area contributed by atoms with E-state index < -0.39 is 16.0 Å². The van der Waals surface area contributed by atoms with Gasteiger partial charge in [-0.1, -0.05) is 11.6 Å². The standard InChI is InChI=1S/C17H18ClNO6S/c1-12-10-13(18)2-7-16(12)25-11-17(20)24-9-8-23-14-3-5-15(6-4-14)26(19,21)22/h2-7,10H,8-9,11H2,1H3,(H2,19,21,22). The number of sulfonamides is 1. The van der Waals surface area contributed by atoms with Crippen LogP contribution >= 0.6 is 11.6 Å². The van der Waals surface area contributed by atoms with Gasteiger partial charge in [-0.25, -0.2) is 18.4 Å². The van der Waals surface area contributed by atoms with Gasteiger partial charge in [0.25, 0.3) is 0 Å². The third-order valence-corrected chi connectivity index (χ3v) is 4.41. The Hall–Kier alpha value is -2.29. The highest BCUT2D eigenvalue weighted by molar-refractivity contribution is 7.89. The molecule has 0 atom stereocenters. The lowest BCUT2D eigenvalue weighted by Gasteiger charge is -2.10. The molecule has 0 radical (unpaired) electrons. The molecule has 140 valence electrons. The molecule has 0 spiro atoms. The van der Waals surface area contributed by atoms with Gasteiger partial charge in [0, 0.05) is 5.02 Å². The van der Waals surface area contributed by atoms with Crippen molar-refractivity contribution in [3.05, 3.63) is 53.1 Å². The van der Waals surface area contributed by atoms with Gasteiger partial charge in [0.1, 0.15) is 24.7 Å². The molecule has 0 heterocycles. The van der Waals surface area contributed by atoms with Gasteiger partial charge in [0.2, 0.25) is 10.0 Å². The predicted octanol–water partition coefficient (Wildman–Crippen LogP) is 2.30. The predicted molar refractivity (Wildman–Crippen MR) is 96.0 cm³/mol. The average molecular weight is 400 g/mol. The van der Waals surface area contributed by atoms with Crippen molar-refractivity contribution < 1.29 is 27.4 Å². The number of esters is 1. The minimum absolute atomic E-state index is 0.00841. The minimum atomic E-state index is -3.74. The van der Waals surface area contributed by atoms with Crippen LogP contribution in [0.1, 0.15) is 5.56 Å². The topological polar surface area (TPSA) is 105 Å². The van der Waals surface area contributed by atoms with Gasteiger partial charge in [-0.15, -0.1) is 0 Å². The van der Waals surface area contributed by atoms with Crippen LogP contribution < -0.4 is 14.6 Å². The Morgan fingerprint density at radius 3 is 2.38 bits per heavy atom. The number of rotatable bonds is 8. The smallest absolute Gasteiger partial charge is 0.344 e. The maximum Gasteiger partial charge on any atom is 0.344 e. The lowest BCUT2D eigenvalue weighted by atomic mass is 10.2. The fourth-order valence-electron chi connectivity index (χ4n) is 1.99. The number of hydrogen-bond acceptors (Lipinski definition) is 6. The maximum absolute atomic E-state index is 11.7. The van der Waals surface area contributed by atoms with Gasteiger partial charge < -0.3 is 14.2 Å². The van der Waals surface area contributed by atoms with Crippen molar-refractivity contribution in [1.29, 1.82) is 0 Å². The van der Waals surface area contributed by atoms with Gasteiger partial charge in [0.15, 0.2) is 6.61 Å². The first kappa shape index (κ1) is 20.0. The molecule has 0 bridgehead atoms. The zero-order valence-electron chi connectivity index (χ0n) is 14.0. The lowest BCUT2D eigenvalue weighted by molar-refractivity contribution is -0.146. The van der Waals surface area contributed by atoms with E-state index in [2.05, 4.69) is 0 Å². The Balaban J connectivity index is 1.70. The zero-order chi connectivity index (χ0) is 19.2. The molecule has 26 heavy (non-hydrogen) atoms. The van der Waals surface area contributed by atoms with Crippen molar-refractivity contribution in [3.63, 3.8) is 0 Å². The summed E-state index contributed by atoms with van der Waals surface area (Å²) < 4.78 is 38.0. The summed E-state index contributed by atoms with van der Waals surface area (Å²) in [4.78, 5) is 11.6. The van der Waals surface area contributed by atoms with Crippen LogP contribution in [0.15, 0.2) is 47.4 Å². The number of carbonyl (C=O) groups is 1. The molecule has 2 aromatic carbocycles. The van der Waals surface area contributed by atoms with Crippen LogP contribution in [0, 0.1) is 6.92 Å². The summed E-state index contributed by atoms with van der Waals surface area (Å²) in [6.45, 7) is 1.73. The van der Waals surface area contributed by atoms with E-state index in [4.69, 9.17) is 31.0 Å². The van der Waals surface area contributed by atoms with Crippen LogP contribution in [0.5, 0.6) is 11.5 Å². The van der Waals surface area contributed by atoms with Crippen molar-refractivity contribution in [2.75, 3.05) is 19.8 Å². The van der Waals surface area contributed by atoms with Crippen molar-refractivity contribution >= 4 is 27.6 Å². The van der Waals surface area contributed by atoms with Crippen LogP contribution in [-0.4, -0.2) is 34.2 Å². The molecule has 0 amide bonds. The molecular formula is C17H18ClNO6S. The monoisotopic (exact) mass is 399 g/mol. The fraction of sp³-hybridized carbons (Fsp3) is 0.235. The summed E-state index contributed by atoms with van der Waals surface area (Å²) in [5, 5.41) is 5.59. The van der Waals surface area contributed by atoms with E-state index >= 15 is 0 Å². The Morgan fingerprint density at radius 1 is 1.08 bits per heavy atom. The quantitative estimate of drug-likeness (QED) is 0.539. The molecule has 0 saturated carbocycles. The molecule has 7 nitrogen and oxygen atoms in total. The highest BCUT2D eigenvalue weighted by Gasteiger charge is 2.08. The van der Waals surface area contributed by atoms with E-state index in [1.807, 2.05) is 6.92 Å². The summed E-state index contributed by atoms with van der Waals surface area (Å²) in [5.41, 5.74) is 0.816. The molecular weight excluding hydrogens is 382 g/mol. The highest BCUT2D eigenvalue weighted by atomic mass is 35.5. The SMILES string of the molecule is Cc1cc(Cl)ccc1OCC(=O)OCCOc1ccc(S(N)(=O)=O)cc1. The molecule has 0 aliphatic rings. The van der Waals surface area contributed by atoms with Gasteiger partial charge in [-0.05, 0) is 55.0 Å². The van der Waals surface area contributed by atoms with Crippen molar-refractivity contribution in [2.24, 2.45) is 5.14 Å². The first-order chi connectivity index (χ1) is 12.3. The fourth-order valence-corrected chi connectivity index (χ4v) is 2.74. The lowest BCUT2D eigenvalue weighted by Crippen LogP contribution is -2.18. The first-order valence-electron chi connectivity index (χ1n) is 7.56. The second kappa shape index (κ2) is 8.88. The summed E-state index contributed by atoms with van der Waals surface area (Å²) in [7, 11) is -3.74. The minimum Gasteiger partial charge on any atom is -0.490 e. The highest BCUT2D eigenvalue weighted by Crippen LogP contribution is 2.21. The van der Waals surface area contributed by atoms with Crippen LogP contribution in [0.25, 0.3) is 0 Å². The van der Waals surface area contributed by atoms with E-state index in [9.17, 15) is 13.2 Å². The van der Waals surface area contributed by atoms with Gasteiger partial charge >= 0.3 is 5.97 Å². The molecule has 2 rings (SSSR count). The first-order valence-corrected chi connectivity index (χ1v) is 9.48. The van der Waals surface area contributed by atoms with Gasteiger partial charge in [0.05, 0.1) is 4.90 Å². The number of nitrogens with two attached hydrogens (primary N) is 1. The Bertz CT molecular complexity index is 867. The maximum atomic E-state index is 11.7. The number of halogens is 1. The number of ether oxygens (including phenoxy) is 3. The molecule has 0 saturated heterocycles. The summed E-state index contributed by atoms with van der Waals surface area (Å²) >= 11 is 5.85. The van der Waals surface area contributed by atoms with Gasteiger partial charge in [-0.2, -0.15) is 0 Å². The van der Waals surface area contributed by atoms with E-state index in [1.165, 1.54) is 24.3 Å². The van der Waals surface area contributed by atoms with E-state index in [0.29, 0.717) is 16.5 Å². The zero-order valence-corrected chi connectivity index (χ0v) is 15.5. The molecule has 2 aromatic rings. The number of aryl methyl sites for hydroxylation is 1. The second-order valence-electron chi connectivity index (χ2n) is 5.28. The summed E-state index contributed by atoms with van der Waals surface area (Å²) in [6.07, 6.45) is 0. The van der Waals surface area contributed by atoms with Crippen LogP contribution in [0.2, 0.25) is 5.02 Å². The molecule has 0 unspecified atom stereocenters. The van der Waals surface area contributed by atoms with E-state index in [1.54, 1.807) is 18.2 Å². The van der Waals surface area contributed by atoms with Crippen LogP contribution in [-0.2, 0) is 19.6 Å².